The van der Waals surface area contributed by atoms with Crippen molar-refractivity contribution in [3.8, 4) is 0 Å². The fraction of sp³-hybridized carbons (Fsp3) is 0.500. The van der Waals surface area contributed by atoms with Gasteiger partial charge in [0.1, 0.15) is 0 Å². The normalized spacial score (nSPS) is 13.9. The number of benzene rings is 1. The number of anilines is 1. The molecule has 18 heavy (non-hydrogen) atoms. The number of aliphatic hydroxyl groups is 1. The Morgan fingerprint density at radius 3 is 2.61 bits per heavy atom. The third kappa shape index (κ3) is 5.29. The van der Waals surface area contributed by atoms with Gasteiger partial charge in [-0.15, -0.1) is 0 Å². The van der Waals surface area contributed by atoms with Crippen LogP contribution in [0.5, 0.6) is 0 Å². The van der Waals surface area contributed by atoms with Gasteiger partial charge in [0.25, 0.3) is 0 Å². The molecule has 0 aliphatic heterocycles. The lowest BCUT2D eigenvalue weighted by atomic mass is 10.2. The monoisotopic (exact) mass is 250 g/mol. The first-order valence-electron chi connectivity index (χ1n) is 6.40. The zero-order chi connectivity index (χ0) is 13.4. The average Bonchev–Trinajstić information content (AvgIpc) is 2.37. The van der Waals surface area contributed by atoms with E-state index in [4.69, 9.17) is 0 Å². The van der Waals surface area contributed by atoms with E-state index in [1.165, 1.54) is 0 Å². The zero-order valence-corrected chi connectivity index (χ0v) is 11.0. The SMILES string of the molecule is CCCC(O)CNC(C)C(=O)Nc1ccccc1. The maximum absolute atomic E-state index is 11.8. The Kier molecular flexibility index (Phi) is 6.39. The maximum Gasteiger partial charge on any atom is 0.241 e. The van der Waals surface area contributed by atoms with Crippen LogP contribution >= 0.6 is 0 Å². The Labute approximate surface area is 108 Å². The topological polar surface area (TPSA) is 61.4 Å². The van der Waals surface area contributed by atoms with E-state index in [2.05, 4.69) is 10.6 Å². The summed E-state index contributed by atoms with van der Waals surface area (Å²) in [6.45, 7) is 4.25. The van der Waals surface area contributed by atoms with Gasteiger partial charge in [-0.1, -0.05) is 31.5 Å². The van der Waals surface area contributed by atoms with Crippen molar-refractivity contribution in [2.45, 2.75) is 38.8 Å². The first kappa shape index (κ1) is 14.7. The largest absolute Gasteiger partial charge is 0.392 e. The summed E-state index contributed by atoms with van der Waals surface area (Å²) in [5.74, 6) is -0.0927. The Morgan fingerprint density at radius 1 is 1.33 bits per heavy atom. The highest BCUT2D eigenvalue weighted by Gasteiger charge is 2.13. The highest BCUT2D eigenvalue weighted by molar-refractivity contribution is 5.94. The number of hydrogen-bond donors (Lipinski definition) is 3. The molecule has 3 N–H and O–H groups in total. The molecule has 1 aromatic carbocycles. The lowest BCUT2D eigenvalue weighted by Gasteiger charge is -2.16. The summed E-state index contributed by atoms with van der Waals surface area (Å²) in [5, 5.41) is 15.4. The van der Waals surface area contributed by atoms with E-state index in [0.717, 1.165) is 18.5 Å². The molecule has 4 heteroatoms. The second kappa shape index (κ2) is 7.84. The standard InChI is InChI=1S/C14H22N2O2/c1-3-7-13(17)10-15-11(2)14(18)16-12-8-5-4-6-9-12/h4-6,8-9,11,13,15,17H,3,7,10H2,1-2H3,(H,16,18). The van der Waals surface area contributed by atoms with Crippen molar-refractivity contribution in [3.05, 3.63) is 30.3 Å². The number of carbonyl (C=O) groups excluding carboxylic acids is 1. The first-order valence-corrected chi connectivity index (χ1v) is 6.40. The number of para-hydroxylation sites is 1. The number of hydrogen-bond acceptors (Lipinski definition) is 3. The molecule has 0 aliphatic carbocycles. The molecule has 4 nitrogen and oxygen atoms in total. The van der Waals surface area contributed by atoms with Crippen molar-refractivity contribution in [1.82, 2.24) is 5.32 Å². The van der Waals surface area contributed by atoms with Crippen molar-refractivity contribution in [1.29, 1.82) is 0 Å². The fourth-order valence-corrected chi connectivity index (χ4v) is 1.61. The van der Waals surface area contributed by atoms with Crippen LogP contribution in [0.1, 0.15) is 26.7 Å². The van der Waals surface area contributed by atoms with Gasteiger partial charge < -0.3 is 15.7 Å². The van der Waals surface area contributed by atoms with Crippen LogP contribution in [-0.2, 0) is 4.79 Å². The Balaban J connectivity index is 2.33. The van der Waals surface area contributed by atoms with Crippen LogP contribution in [0, 0.1) is 0 Å². The summed E-state index contributed by atoms with van der Waals surface area (Å²) < 4.78 is 0. The van der Waals surface area contributed by atoms with Gasteiger partial charge >= 0.3 is 0 Å². The van der Waals surface area contributed by atoms with Crippen molar-refractivity contribution in [2.24, 2.45) is 0 Å². The van der Waals surface area contributed by atoms with Gasteiger partial charge in [0, 0.05) is 12.2 Å². The van der Waals surface area contributed by atoms with E-state index in [0.29, 0.717) is 6.54 Å². The molecule has 1 rings (SSSR count). The highest BCUT2D eigenvalue weighted by Crippen LogP contribution is 2.05. The summed E-state index contributed by atoms with van der Waals surface area (Å²) in [7, 11) is 0. The molecule has 100 valence electrons. The number of rotatable bonds is 7. The van der Waals surface area contributed by atoms with Crippen LogP contribution in [0.3, 0.4) is 0 Å². The van der Waals surface area contributed by atoms with Crippen molar-refractivity contribution in [2.75, 3.05) is 11.9 Å². The molecule has 1 aromatic rings. The fourth-order valence-electron chi connectivity index (χ4n) is 1.61. The molecule has 0 fully saturated rings. The van der Waals surface area contributed by atoms with Crippen LogP contribution in [0.25, 0.3) is 0 Å². The summed E-state index contributed by atoms with van der Waals surface area (Å²) >= 11 is 0. The molecular weight excluding hydrogens is 228 g/mol. The van der Waals surface area contributed by atoms with Crippen LogP contribution in [0.15, 0.2) is 30.3 Å². The van der Waals surface area contributed by atoms with E-state index >= 15 is 0 Å². The molecule has 2 unspecified atom stereocenters. The second-order valence-corrected chi connectivity index (χ2v) is 4.43. The van der Waals surface area contributed by atoms with E-state index in [-0.39, 0.29) is 18.1 Å². The molecule has 1 amide bonds. The number of amides is 1. The molecule has 0 saturated heterocycles. The molecule has 0 bridgehead atoms. The molecule has 0 saturated carbocycles. The quantitative estimate of drug-likeness (QED) is 0.691. The Bertz CT molecular complexity index is 354. The summed E-state index contributed by atoms with van der Waals surface area (Å²) in [5.41, 5.74) is 0.783. The number of carbonyl (C=O) groups is 1. The first-order chi connectivity index (χ1) is 8.63. The van der Waals surface area contributed by atoms with Crippen LogP contribution in [0.4, 0.5) is 5.69 Å². The van der Waals surface area contributed by atoms with E-state index < -0.39 is 0 Å². The zero-order valence-electron chi connectivity index (χ0n) is 11.0. The van der Waals surface area contributed by atoms with E-state index in [1.54, 1.807) is 6.92 Å². The van der Waals surface area contributed by atoms with E-state index in [9.17, 15) is 9.90 Å². The van der Waals surface area contributed by atoms with Gasteiger partial charge in [0.2, 0.25) is 5.91 Å². The lowest BCUT2D eigenvalue weighted by Crippen LogP contribution is -2.41. The Hall–Kier alpha value is -1.39. The summed E-state index contributed by atoms with van der Waals surface area (Å²) in [4.78, 5) is 11.8. The lowest BCUT2D eigenvalue weighted by molar-refractivity contribution is -0.117. The molecule has 0 aliphatic rings. The van der Waals surface area contributed by atoms with Gasteiger partial charge in [-0.25, -0.2) is 0 Å². The number of aliphatic hydroxyl groups excluding tert-OH is 1. The van der Waals surface area contributed by atoms with Crippen LogP contribution < -0.4 is 10.6 Å². The van der Waals surface area contributed by atoms with Crippen molar-refractivity contribution in [3.63, 3.8) is 0 Å². The predicted molar refractivity (Wildman–Crippen MR) is 73.5 cm³/mol. The minimum absolute atomic E-state index is 0.0927. The third-order valence-electron chi connectivity index (χ3n) is 2.72. The minimum Gasteiger partial charge on any atom is -0.392 e. The van der Waals surface area contributed by atoms with Gasteiger partial charge in [-0.05, 0) is 25.5 Å². The smallest absolute Gasteiger partial charge is 0.241 e. The minimum atomic E-state index is -0.387. The van der Waals surface area contributed by atoms with Gasteiger partial charge in [-0.2, -0.15) is 0 Å². The predicted octanol–water partition coefficient (Wildman–Crippen LogP) is 1.76. The molecular formula is C14H22N2O2. The summed E-state index contributed by atoms with van der Waals surface area (Å²) in [6.07, 6.45) is 1.30. The van der Waals surface area contributed by atoms with Gasteiger partial charge in [0.05, 0.1) is 12.1 Å². The molecule has 0 radical (unpaired) electrons. The van der Waals surface area contributed by atoms with Crippen LogP contribution in [-0.4, -0.2) is 29.7 Å². The summed E-state index contributed by atoms with van der Waals surface area (Å²) in [6, 6.07) is 9.01. The van der Waals surface area contributed by atoms with Crippen molar-refractivity contribution < 1.29 is 9.90 Å². The number of nitrogens with one attached hydrogen (secondary N) is 2. The van der Waals surface area contributed by atoms with E-state index in [1.807, 2.05) is 37.3 Å². The van der Waals surface area contributed by atoms with Gasteiger partial charge in [0.15, 0.2) is 0 Å². The molecule has 2 atom stereocenters. The molecule has 0 spiro atoms. The second-order valence-electron chi connectivity index (χ2n) is 4.43. The van der Waals surface area contributed by atoms with Gasteiger partial charge in [-0.3, -0.25) is 4.79 Å². The third-order valence-corrected chi connectivity index (χ3v) is 2.72. The molecule has 0 heterocycles. The van der Waals surface area contributed by atoms with Crippen molar-refractivity contribution >= 4 is 11.6 Å². The maximum atomic E-state index is 11.8. The molecule has 0 aromatic heterocycles. The van der Waals surface area contributed by atoms with Crippen LogP contribution in [0.2, 0.25) is 0 Å². The highest BCUT2D eigenvalue weighted by atomic mass is 16.3. The Morgan fingerprint density at radius 2 is 2.00 bits per heavy atom. The average molecular weight is 250 g/mol.